The summed E-state index contributed by atoms with van der Waals surface area (Å²) in [4.78, 5) is 21.5. The van der Waals surface area contributed by atoms with Crippen LogP contribution in [0.2, 0.25) is 0 Å². The van der Waals surface area contributed by atoms with Gasteiger partial charge in [0.15, 0.2) is 0 Å². The lowest BCUT2D eigenvalue weighted by atomic mass is 10.1. The molecule has 7 nitrogen and oxygen atoms in total. The number of hydrogen-bond donors (Lipinski definition) is 1. The number of carbonyl (C=O) groups is 1. The number of carbonyl (C=O) groups excluding carboxylic acids is 1. The van der Waals surface area contributed by atoms with Crippen LogP contribution in [-0.2, 0) is 6.42 Å². The van der Waals surface area contributed by atoms with E-state index < -0.39 is 0 Å². The van der Waals surface area contributed by atoms with Crippen molar-refractivity contribution >= 4 is 28.0 Å². The van der Waals surface area contributed by atoms with Crippen molar-refractivity contribution in [1.82, 2.24) is 30.0 Å². The van der Waals surface area contributed by atoms with Crippen LogP contribution in [0.15, 0.2) is 73.1 Å². The Morgan fingerprint density at radius 3 is 2.71 bits per heavy atom. The highest BCUT2D eigenvalue weighted by Crippen LogP contribution is 2.27. The zero-order valence-corrected chi connectivity index (χ0v) is 17.0. The number of para-hydroxylation sites is 1. The SMILES string of the molecule is Cc1nc2nnc3ccc(C(=O)NCCc4cccnc4)cc3c2n1-c1ccccc1. The molecular formula is C24H20N6O. The predicted molar refractivity (Wildman–Crippen MR) is 119 cm³/mol. The van der Waals surface area contributed by atoms with E-state index in [1.165, 1.54) is 0 Å². The summed E-state index contributed by atoms with van der Waals surface area (Å²) in [6.45, 7) is 2.48. The van der Waals surface area contributed by atoms with Gasteiger partial charge in [0.1, 0.15) is 11.3 Å². The average Bonchev–Trinajstić information content (AvgIpc) is 3.16. The van der Waals surface area contributed by atoms with Gasteiger partial charge in [-0.1, -0.05) is 24.3 Å². The summed E-state index contributed by atoms with van der Waals surface area (Å²) >= 11 is 0. The van der Waals surface area contributed by atoms with Gasteiger partial charge < -0.3 is 5.32 Å². The number of nitrogens with zero attached hydrogens (tertiary/aromatic N) is 5. The molecule has 0 unspecified atom stereocenters. The van der Waals surface area contributed by atoms with Gasteiger partial charge in [-0.3, -0.25) is 14.3 Å². The number of aromatic nitrogens is 5. The smallest absolute Gasteiger partial charge is 0.251 e. The first kappa shape index (κ1) is 18.9. The molecule has 31 heavy (non-hydrogen) atoms. The Labute approximate surface area is 178 Å². The van der Waals surface area contributed by atoms with E-state index in [9.17, 15) is 4.79 Å². The monoisotopic (exact) mass is 408 g/mol. The first-order valence-electron chi connectivity index (χ1n) is 10.1. The molecule has 7 heteroatoms. The fourth-order valence-electron chi connectivity index (χ4n) is 3.75. The number of imidazole rings is 1. The second kappa shape index (κ2) is 7.95. The minimum absolute atomic E-state index is 0.127. The van der Waals surface area contributed by atoms with E-state index in [2.05, 4.69) is 30.0 Å². The lowest BCUT2D eigenvalue weighted by molar-refractivity contribution is 0.0954. The number of fused-ring (bicyclic) bond motifs is 3. The van der Waals surface area contributed by atoms with Crippen molar-refractivity contribution in [3.8, 4) is 5.69 Å². The maximum absolute atomic E-state index is 12.8. The van der Waals surface area contributed by atoms with E-state index in [1.807, 2.05) is 67.7 Å². The summed E-state index contributed by atoms with van der Waals surface area (Å²) in [7, 11) is 0. The van der Waals surface area contributed by atoms with Crippen LogP contribution in [0.5, 0.6) is 0 Å². The molecule has 0 saturated heterocycles. The van der Waals surface area contributed by atoms with Gasteiger partial charge in [0.05, 0.1) is 5.52 Å². The molecule has 2 aromatic carbocycles. The fourth-order valence-corrected chi connectivity index (χ4v) is 3.75. The lowest BCUT2D eigenvalue weighted by Gasteiger charge is -2.09. The summed E-state index contributed by atoms with van der Waals surface area (Å²) in [5.41, 5.74) is 4.77. The molecule has 0 bridgehead atoms. The molecule has 0 atom stereocenters. The van der Waals surface area contributed by atoms with Gasteiger partial charge in [0.2, 0.25) is 5.65 Å². The molecule has 1 N–H and O–H groups in total. The van der Waals surface area contributed by atoms with Gasteiger partial charge in [0.25, 0.3) is 5.91 Å². The molecule has 0 radical (unpaired) electrons. The first-order valence-corrected chi connectivity index (χ1v) is 10.1. The van der Waals surface area contributed by atoms with Gasteiger partial charge in [-0.05, 0) is 55.3 Å². The summed E-state index contributed by atoms with van der Waals surface area (Å²) in [5, 5.41) is 12.4. The molecule has 1 amide bonds. The van der Waals surface area contributed by atoms with Crippen LogP contribution < -0.4 is 5.32 Å². The van der Waals surface area contributed by atoms with E-state index in [1.54, 1.807) is 12.3 Å². The van der Waals surface area contributed by atoms with Crippen LogP contribution in [0.25, 0.3) is 27.8 Å². The molecular weight excluding hydrogens is 388 g/mol. The third-order valence-corrected chi connectivity index (χ3v) is 5.23. The molecule has 0 aliphatic heterocycles. The Kier molecular flexibility index (Phi) is 4.84. The summed E-state index contributed by atoms with van der Waals surface area (Å²) in [5.74, 6) is 0.688. The maximum atomic E-state index is 12.8. The van der Waals surface area contributed by atoms with Crippen molar-refractivity contribution in [2.45, 2.75) is 13.3 Å². The molecule has 0 saturated carbocycles. The number of amides is 1. The van der Waals surface area contributed by atoms with Gasteiger partial charge in [0, 0.05) is 35.6 Å². The van der Waals surface area contributed by atoms with Crippen LogP contribution in [0, 0.1) is 6.92 Å². The van der Waals surface area contributed by atoms with Crippen LogP contribution >= 0.6 is 0 Å². The Morgan fingerprint density at radius 2 is 1.90 bits per heavy atom. The van der Waals surface area contributed by atoms with E-state index in [0.717, 1.165) is 39.9 Å². The second-order valence-corrected chi connectivity index (χ2v) is 7.30. The fraction of sp³-hybridized carbons (Fsp3) is 0.125. The summed E-state index contributed by atoms with van der Waals surface area (Å²) in [6, 6.07) is 19.4. The zero-order chi connectivity index (χ0) is 21.2. The highest BCUT2D eigenvalue weighted by Gasteiger charge is 2.16. The topological polar surface area (TPSA) is 85.6 Å². The molecule has 5 rings (SSSR count). The first-order chi connectivity index (χ1) is 15.2. The minimum Gasteiger partial charge on any atom is -0.352 e. The van der Waals surface area contributed by atoms with Crippen molar-refractivity contribution in [1.29, 1.82) is 0 Å². The van der Waals surface area contributed by atoms with Crippen LogP contribution in [0.3, 0.4) is 0 Å². The quantitative estimate of drug-likeness (QED) is 0.480. The zero-order valence-electron chi connectivity index (χ0n) is 17.0. The second-order valence-electron chi connectivity index (χ2n) is 7.30. The standard InChI is InChI=1S/C24H20N6O/c1-16-27-23-22(30(16)19-7-3-2-4-8-19)20-14-18(9-10-21(20)28-29-23)24(31)26-13-11-17-6-5-12-25-15-17/h2-10,12,14-15H,11,13H2,1H3,(H,26,31). The normalized spacial score (nSPS) is 11.1. The van der Waals surface area contributed by atoms with Crippen molar-refractivity contribution in [2.75, 3.05) is 6.54 Å². The molecule has 0 aliphatic carbocycles. The van der Waals surface area contributed by atoms with Gasteiger partial charge >= 0.3 is 0 Å². The number of hydrogen-bond acceptors (Lipinski definition) is 5. The van der Waals surface area contributed by atoms with Crippen molar-refractivity contribution < 1.29 is 4.79 Å². The lowest BCUT2D eigenvalue weighted by Crippen LogP contribution is -2.25. The van der Waals surface area contributed by atoms with E-state index in [-0.39, 0.29) is 5.91 Å². The minimum atomic E-state index is -0.127. The van der Waals surface area contributed by atoms with Gasteiger partial charge in [-0.2, -0.15) is 0 Å². The third kappa shape index (κ3) is 3.61. The molecule has 0 fully saturated rings. The molecule has 3 heterocycles. The highest BCUT2D eigenvalue weighted by atomic mass is 16.1. The molecule has 0 aliphatic rings. The van der Waals surface area contributed by atoms with Gasteiger partial charge in [-0.15, -0.1) is 10.2 Å². The number of nitrogens with one attached hydrogen (secondary N) is 1. The van der Waals surface area contributed by atoms with Crippen molar-refractivity contribution in [3.63, 3.8) is 0 Å². The third-order valence-electron chi connectivity index (χ3n) is 5.23. The Balaban J connectivity index is 1.51. The Hall–Kier alpha value is -4.13. The van der Waals surface area contributed by atoms with E-state index in [4.69, 9.17) is 0 Å². The number of rotatable bonds is 5. The van der Waals surface area contributed by atoms with Crippen molar-refractivity contribution in [2.24, 2.45) is 0 Å². The molecule has 152 valence electrons. The van der Waals surface area contributed by atoms with E-state index >= 15 is 0 Å². The molecule has 0 spiro atoms. The Morgan fingerprint density at radius 1 is 1.03 bits per heavy atom. The predicted octanol–water partition coefficient (Wildman–Crippen LogP) is 3.64. The summed E-state index contributed by atoms with van der Waals surface area (Å²) in [6.07, 6.45) is 4.27. The van der Waals surface area contributed by atoms with Crippen LogP contribution in [-0.4, -0.2) is 37.2 Å². The molecule has 3 aromatic heterocycles. The number of pyridine rings is 1. The van der Waals surface area contributed by atoms with E-state index in [0.29, 0.717) is 17.8 Å². The number of aryl methyl sites for hydroxylation is 1. The highest BCUT2D eigenvalue weighted by molar-refractivity contribution is 6.05. The van der Waals surface area contributed by atoms with Crippen molar-refractivity contribution in [3.05, 3.63) is 90.0 Å². The largest absolute Gasteiger partial charge is 0.352 e. The average molecular weight is 408 g/mol. The van der Waals surface area contributed by atoms with Gasteiger partial charge in [-0.25, -0.2) is 4.98 Å². The Bertz CT molecular complexity index is 1380. The van der Waals surface area contributed by atoms with Crippen LogP contribution in [0.1, 0.15) is 21.7 Å². The van der Waals surface area contributed by atoms with Crippen LogP contribution in [0.4, 0.5) is 0 Å². The summed E-state index contributed by atoms with van der Waals surface area (Å²) < 4.78 is 2.05. The maximum Gasteiger partial charge on any atom is 0.251 e. The molecule has 5 aromatic rings. The number of benzene rings is 2.